The molecule has 1 heterocycles. The first-order valence-electron chi connectivity index (χ1n) is 7.44. The van der Waals surface area contributed by atoms with Gasteiger partial charge in [0.15, 0.2) is 5.16 Å². The van der Waals surface area contributed by atoms with Crippen LogP contribution < -0.4 is 5.56 Å². The van der Waals surface area contributed by atoms with Crippen molar-refractivity contribution in [1.29, 1.82) is 0 Å². The van der Waals surface area contributed by atoms with E-state index in [1.165, 1.54) is 11.8 Å². The molecule has 0 aliphatic heterocycles. The van der Waals surface area contributed by atoms with Gasteiger partial charge in [-0.1, -0.05) is 23.9 Å². The molecule has 124 valence electrons. The number of carbonyl (C=O) groups is 1. The molecular formula is C16H20N2O4S. The number of carbonyl (C=O) groups excluding carboxylic acids is 1. The Morgan fingerprint density at radius 3 is 2.87 bits per heavy atom. The third-order valence-electron chi connectivity index (χ3n) is 3.18. The predicted molar refractivity (Wildman–Crippen MR) is 89.9 cm³/mol. The summed E-state index contributed by atoms with van der Waals surface area (Å²) in [5, 5.41) is 1.10. The number of ether oxygens (including phenoxy) is 2. The van der Waals surface area contributed by atoms with E-state index in [1.807, 2.05) is 12.1 Å². The fourth-order valence-corrected chi connectivity index (χ4v) is 2.97. The van der Waals surface area contributed by atoms with Gasteiger partial charge in [-0.05, 0) is 25.5 Å². The summed E-state index contributed by atoms with van der Waals surface area (Å²) in [5.41, 5.74) is 0.532. The summed E-state index contributed by atoms with van der Waals surface area (Å²) in [6, 6.07) is 7.21. The minimum Gasteiger partial charge on any atom is -0.465 e. The molecule has 0 atom stereocenters. The van der Waals surface area contributed by atoms with Crippen molar-refractivity contribution in [2.24, 2.45) is 0 Å². The molecule has 0 bridgehead atoms. The molecule has 7 heteroatoms. The average Bonchev–Trinajstić information content (AvgIpc) is 2.55. The fourth-order valence-electron chi connectivity index (χ4n) is 2.15. The van der Waals surface area contributed by atoms with Crippen molar-refractivity contribution in [2.45, 2.75) is 25.0 Å². The van der Waals surface area contributed by atoms with Crippen LogP contribution in [0.25, 0.3) is 10.9 Å². The van der Waals surface area contributed by atoms with Crippen molar-refractivity contribution in [3.05, 3.63) is 34.6 Å². The lowest BCUT2D eigenvalue weighted by molar-refractivity contribution is -0.139. The lowest BCUT2D eigenvalue weighted by Gasteiger charge is -2.12. The Morgan fingerprint density at radius 1 is 1.35 bits per heavy atom. The third-order valence-corrected chi connectivity index (χ3v) is 4.13. The Kier molecular flexibility index (Phi) is 6.61. The van der Waals surface area contributed by atoms with Gasteiger partial charge in [0.25, 0.3) is 5.56 Å². The molecular weight excluding hydrogens is 316 g/mol. The van der Waals surface area contributed by atoms with E-state index < -0.39 is 0 Å². The van der Waals surface area contributed by atoms with E-state index in [0.717, 1.165) is 0 Å². The van der Waals surface area contributed by atoms with Gasteiger partial charge in [0.2, 0.25) is 0 Å². The molecule has 0 unspecified atom stereocenters. The minimum absolute atomic E-state index is 0.0990. The number of aromatic nitrogens is 2. The normalized spacial score (nSPS) is 10.9. The van der Waals surface area contributed by atoms with Crippen molar-refractivity contribution < 1.29 is 14.3 Å². The van der Waals surface area contributed by atoms with Crippen molar-refractivity contribution in [3.63, 3.8) is 0 Å². The van der Waals surface area contributed by atoms with Crippen LogP contribution >= 0.6 is 11.8 Å². The van der Waals surface area contributed by atoms with Gasteiger partial charge in [-0.2, -0.15) is 0 Å². The van der Waals surface area contributed by atoms with Crippen LogP contribution in [0.5, 0.6) is 0 Å². The highest BCUT2D eigenvalue weighted by Gasteiger charge is 2.13. The number of hydrogen-bond donors (Lipinski definition) is 0. The quantitative estimate of drug-likeness (QED) is 0.318. The van der Waals surface area contributed by atoms with E-state index in [0.29, 0.717) is 42.2 Å². The predicted octanol–water partition coefficient (Wildman–Crippen LogP) is 2.09. The highest BCUT2D eigenvalue weighted by Crippen LogP contribution is 2.18. The van der Waals surface area contributed by atoms with E-state index in [4.69, 9.17) is 9.47 Å². The largest absolute Gasteiger partial charge is 0.465 e. The summed E-state index contributed by atoms with van der Waals surface area (Å²) >= 11 is 1.22. The van der Waals surface area contributed by atoms with E-state index in [9.17, 15) is 9.59 Å². The summed E-state index contributed by atoms with van der Waals surface area (Å²) in [5.74, 6) is -0.188. The van der Waals surface area contributed by atoms with Gasteiger partial charge < -0.3 is 9.47 Å². The molecule has 0 fully saturated rings. The highest BCUT2D eigenvalue weighted by atomic mass is 32.2. The Balaban J connectivity index is 2.32. The topological polar surface area (TPSA) is 70.4 Å². The zero-order valence-electron chi connectivity index (χ0n) is 13.3. The molecule has 0 aliphatic rings. The number of nitrogens with zero attached hydrogens (tertiary/aromatic N) is 2. The zero-order chi connectivity index (χ0) is 16.7. The van der Waals surface area contributed by atoms with Crippen LogP contribution in [0.3, 0.4) is 0 Å². The molecule has 23 heavy (non-hydrogen) atoms. The smallest absolute Gasteiger partial charge is 0.316 e. The molecule has 0 saturated heterocycles. The molecule has 0 N–H and O–H groups in total. The fraction of sp³-hybridized carbons (Fsp3) is 0.438. The maximum absolute atomic E-state index is 12.7. The van der Waals surface area contributed by atoms with E-state index >= 15 is 0 Å². The molecule has 2 rings (SSSR count). The Hall–Kier alpha value is -1.86. The molecule has 2 aromatic rings. The number of methoxy groups -OCH3 is 1. The molecule has 0 saturated carbocycles. The summed E-state index contributed by atoms with van der Waals surface area (Å²) in [7, 11) is 1.62. The maximum atomic E-state index is 12.7. The highest BCUT2D eigenvalue weighted by molar-refractivity contribution is 7.99. The molecule has 0 aliphatic carbocycles. The number of fused-ring (bicyclic) bond motifs is 1. The first-order chi connectivity index (χ1) is 11.2. The van der Waals surface area contributed by atoms with E-state index in [-0.39, 0.29) is 17.3 Å². The van der Waals surface area contributed by atoms with Crippen LogP contribution in [0.2, 0.25) is 0 Å². The van der Waals surface area contributed by atoms with Crippen LogP contribution in [0, 0.1) is 0 Å². The van der Waals surface area contributed by atoms with Crippen molar-refractivity contribution >= 4 is 28.6 Å². The standard InChI is InChI=1S/C16H20N2O4S/c1-3-22-14(19)11-23-16-17-13-8-5-4-7-12(13)15(20)18(16)9-6-10-21-2/h4-5,7-8H,3,6,9-11H2,1-2H3. The van der Waals surface area contributed by atoms with Crippen LogP contribution in [0.1, 0.15) is 13.3 Å². The second kappa shape index (κ2) is 8.69. The molecule has 1 aromatic carbocycles. The van der Waals surface area contributed by atoms with Gasteiger partial charge in [-0.3, -0.25) is 14.2 Å². The average molecular weight is 336 g/mol. The monoisotopic (exact) mass is 336 g/mol. The molecule has 0 spiro atoms. The van der Waals surface area contributed by atoms with E-state index in [2.05, 4.69) is 4.98 Å². The lowest BCUT2D eigenvalue weighted by Crippen LogP contribution is -2.24. The Labute approximate surface area is 138 Å². The van der Waals surface area contributed by atoms with Gasteiger partial charge in [0.1, 0.15) is 0 Å². The van der Waals surface area contributed by atoms with Crippen molar-refractivity contribution in [3.8, 4) is 0 Å². The van der Waals surface area contributed by atoms with Crippen LogP contribution in [-0.2, 0) is 20.8 Å². The van der Waals surface area contributed by atoms with Gasteiger partial charge in [-0.15, -0.1) is 0 Å². The van der Waals surface area contributed by atoms with Gasteiger partial charge in [-0.25, -0.2) is 4.98 Å². The van der Waals surface area contributed by atoms with Crippen LogP contribution in [0.15, 0.2) is 34.2 Å². The molecule has 6 nitrogen and oxygen atoms in total. The van der Waals surface area contributed by atoms with Gasteiger partial charge in [0.05, 0.1) is 23.3 Å². The molecule has 1 aromatic heterocycles. The zero-order valence-corrected chi connectivity index (χ0v) is 14.1. The first-order valence-corrected chi connectivity index (χ1v) is 8.43. The first kappa shape index (κ1) is 17.5. The summed E-state index contributed by atoms with van der Waals surface area (Å²) < 4.78 is 11.6. The minimum atomic E-state index is -0.316. The van der Waals surface area contributed by atoms with Crippen LogP contribution in [-0.4, -0.2) is 41.6 Å². The van der Waals surface area contributed by atoms with Gasteiger partial charge >= 0.3 is 5.97 Å². The van der Waals surface area contributed by atoms with Crippen molar-refractivity contribution in [2.75, 3.05) is 26.1 Å². The lowest BCUT2D eigenvalue weighted by atomic mass is 10.2. The van der Waals surface area contributed by atoms with Crippen molar-refractivity contribution in [1.82, 2.24) is 9.55 Å². The number of para-hydroxylation sites is 1. The number of hydrogen-bond acceptors (Lipinski definition) is 6. The summed E-state index contributed by atoms with van der Waals surface area (Å²) in [6.07, 6.45) is 0.698. The second-order valence-electron chi connectivity index (χ2n) is 4.81. The van der Waals surface area contributed by atoms with Gasteiger partial charge in [0, 0.05) is 20.3 Å². The molecule has 0 amide bonds. The van der Waals surface area contributed by atoms with E-state index in [1.54, 1.807) is 30.7 Å². The summed E-state index contributed by atoms with van der Waals surface area (Å²) in [4.78, 5) is 28.7. The number of benzene rings is 1. The summed E-state index contributed by atoms with van der Waals surface area (Å²) in [6.45, 7) is 3.15. The number of rotatable bonds is 8. The Morgan fingerprint density at radius 2 is 2.13 bits per heavy atom. The second-order valence-corrected chi connectivity index (χ2v) is 5.75. The van der Waals surface area contributed by atoms with Crippen LogP contribution in [0.4, 0.5) is 0 Å². The Bertz CT molecular complexity index is 730. The molecule has 0 radical (unpaired) electrons. The third kappa shape index (κ3) is 4.56. The maximum Gasteiger partial charge on any atom is 0.316 e. The SMILES string of the molecule is CCOC(=O)CSc1nc2ccccc2c(=O)n1CCCOC. The number of esters is 1. The number of thioether (sulfide) groups is 1.